The summed E-state index contributed by atoms with van der Waals surface area (Å²) in [7, 11) is 5.02. The van der Waals surface area contributed by atoms with E-state index in [9.17, 15) is 9.90 Å². The van der Waals surface area contributed by atoms with Gasteiger partial charge in [0.15, 0.2) is 0 Å². The van der Waals surface area contributed by atoms with Crippen LogP contribution in [0.4, 0.5) is 0 Å². The molecule has 8 atom stereocenters. The predicted octanol–water partition coefficient (Wildman–Crippen LogP) is 5.47. The summed E-state index contributed by atoms with van der Waals surface area (Å²) >= 11 is 0. The summed E-state index contributed by atoms with van der Waals surface area (Å²) in [6.07, 6.45) is 5.34. The first kappa shape index (κ1) is 24.0. The normalized spacial score (nSPS) is 42.4. The van der Waals surface area contributed by atoms with Crippen molar-refractivity contribution in [2.45, 2.75) is 83.7 Å². The van der Waals surface area contributed by atoms with Gasteiger partial charge in [0.05, 0.1) is 32.8 Å². The number of carbonyl (C=O) groups excluding carboxylic acids is 1. The van der Waals surface area contributed by atoms with Crippen molar-refractivity contribution < 1.29 is 24.1 Å². The molecule has 1 N–H and O–H groups in total. The fourth-order valence-electron chi connectivity index (χ4n) is 9.77. The van der Waals surface area contributed by atoms with Gasteiger partial charge in [-0.2, -0.15) is 0 Å². The van der Waals surface area contributed by atoms with Crippen molar-refractivity contribution in [2.75, 3.05) is 21.3 Å². The molecule has 3 saturated carbocycles. The fourth-order valence-corrected chi connectivity index (χ4v) is 9.77. The standard InChI is InChI=1S/C29H42O5/c1-16(2)22-17-15-21-27(3)12-8-13-28(4,26(31)34-7)20(27)11-14-29(21,25(22)30)24-19(33-6)10-9-18(32-5)23(17)24/h9-10,16-17,20-22,25,30H,8,11-15H2,1-7H3/t17-,20+,21+,22-,25+,27+,28+,29+/m1/s1. The van der Waals surface area contributed by atoms with E-state index < -0.39 is 16.9 Å². The maximum Gasteiger partial charge on any atom is 0.311 e. The van der Waals surface area contributed by atoms with Crippen molar-refractivity contribution >= 4 is 5.97 Å². The number of methoxy groups -OCH3 is 3. The number of hydrogen-bond donors (Lipinski definition) is 1. The molecule has 0 heterocycles. The van der Waals surface area contributed by atoms with Gasteiger partial charge in [-0.3, -0.25) is 4.79 Å². The van der Waals surface area contributed by atoms with Gasteiger partial charge in [-0.05, 0) is 86.2 Å². The minimum absolute atomic E-state index is 0.0492. The van der Waals surface area contributed by atoms with E-state index in [1.807, 2.05) is 12.1 Å². The Bertz CT molecular complexity index is 987. The highest BCUT2D eigenvalue weighted by molar-refractivity contribution is 5.77. The van der Waals surface area contributed by atoms with E-state index in [0.29, 0.717) is 5.92 Å². The third kappa shape index (κ3) is 2.74. The summed E-state index contributed by atoms with van der Waals surface area (Å²) in [6.45, 7) is 9.03. The number of benzene rings is 1. The molecule has 6 rings (SSSR count). The van der Waals surface area contributed by atoms with Crippen LogP contribution in [0, 0.1) is 34.5 Å². The summed E-state index contributed by atoms with van der Waals surface area (Å²) < 4.78 is 17.2. The van der Waals surface area contributed by atoms with Crippen LogP contribution in [0.25, 0.3) is 0 Å². The summed E-state index contributed by atoms with van der Waals surface area (Å²) in [4.78, 5) is 13.1. The summed E-state index contributed by atoms with van der Waals surface area (Å²) in [5.41, 5.74) is 1.54. The molecule has 0 unspecified atom stereocenters. The summed E-state index contributed by atoms with van der Waals surface area (Å²) in [5.74, 6) is 3.02. The first-order valence-electron chi connectivity index (χ1n) is 13.1. The van der Waals surface area contributed by atoms with Crippen molar-refractivity contribution in [1.82, 2.24) is 0 Å². The average molecular weight is 471 g/mol. The Morgan fingerprint density at radius 2 is 1.71 bits per heavy atom. The average Bonchev–Trinajstić information content (AvgIpc) is 2.82. The van der Waals surface area contributed by atoms with Crippen molar-refractivity contribution in [3.05, 3.63) is 23.3 Å². The molecule has 1 aromatic carbocycles. The fraction of sp³-hybridized carbons (Fsp3) is 0.759. The second-order valence-electron chi connectivity index (χ2n) is 12.3. The highest BCUT2D eigenvalue weighted by Crippen LogP contribution is 2.75. The van der Waals surface area contributed by atoms with Gasteiger partial charge in [-0.1, -0.05) is 27.2 Å². The van der Waals surface area contributed by atoms with Crippen molar-refractivity contribution in [1.29, 1.82) is 0 Å². The molecular weight excluding hydrogens is 428 g/mol. The molecule has 2 bridgehead atoms. The van der Waals surface area contributed by atoms with Crippen LogP contribution in [-0.2, 0) is 14.9 Å². The highest BCUT2D eigenvalue weighted by atomic mass is 16.5. The van der Waals surface area contributed by atoms with Crippen LogP contribution in [0.1, 0.15) is 83.3 Å². The second-order valence-corrected chi connectivity index (χ2v) is 12.3. The summed E-state index contributed by atoms with van der Waals surface area (Å²) in [5, 5.41) is 12.2. The van der Waals surface area contributed by atoms with Crippen LogP contribution in [0.15, 0.2) is 12.1 Å². The lowest BCUT2D eigenvalue weighted by Crippen LogP contribution is -2.69. The van der Waals surface area contributed by atoms with Crippen LogP contribution in [0.2, 0.25) is 0 Å². The Balaban J connectivity index is 1.75. The molecule has 5 aliphatic rings. The van der Waals surface area contributed by atoms with Gasteiger partial charge in [0.2, 0.25) is 0 Å². The van der Waals surface area contributed by atoms with E-state index in [1.165, 1.54) is 18.2 Å². The number of rotatable bonds is 4. The van der Waals surface area contributed by atoms with Gasteiger partial charge in [0.1, 0.15) is 11.5 Å². The number of hydrogen-bond acceptors (Lipinski definition) is 5. The first-order chi connectivity index (χ1) is 16.1. The van der Waals surface area contributed by atoms with Crippen molar-refractivity contribution in [3.8, 4) is 11.5 Å². The van der Waals surface area contributed by atoms with Crippen LogP contribution in [0.3, 0.4) is 0 Å². The Morgan fingerprint density at radius 1 is 1.03 bits per heavy atom. The predicted molar refractivity (Wildman–Crippen MR) is 131 cm³/mol. The molecule has 5 heteroatoms. The van der Waals surface area contributed by atoms with Crippen LogP contribution in [-0.4, -0.2) is 38.5 Å². The molecule has 0 amide bonds. The minimum atomic E-state index is -0.469. The molecule has 0 saturated heterocycles. The molecule has 0 radical (unpaired) electrons. The Morgan fingerprint density at radius 3 is 2.32 bits per heavy atom. The molecule has 0 aromatic heterocycles. The van der Waals surface area contributed by atoms with Gasteiger partial charge in [-0.25, -0.2) is 0 Å². The van der Waals surface area contributed by atoms with Gasteiger partial charge in [0.25, 0.3) is 0 Å². The second kappa shape index (κ2) is 7.88. The number of carbonyl (C=O) groups is 1. The maximum atomic E-state index is 13.1. The lowest BCUT2D eigenvalue weighted by atomic mass is 9.34. The molecule has 34 heavy (non-hydrogen) atoms. The Labute approximate surface area is 204 Å². The smallest absolute Gasteiger partial charge is 0.311 e. The molecule has 1 spiro atoms. The number of fused-ring (bicyclic) bond motifs is 2. The first-order valence-corrected chi connectivity index (χ1v) is 13.1. The van der Waals surface area contributed by atoms with Gasteiger partial charge in [0, 0.05) is 16.5 Å². The van der Waals surface area contributed by atoms with Crippen molar-refractivity contribution in [2.24, 2.45) is 34.5 Å². The molecule has 5 nitrogen and oxygen atoms in total. The zero-order chi connectivity index (χ0) is 24.6. The maximum absolute atomic E-state index is 13.1. The monoisotopic (exact) mass is 470 g/mol. The molecule has 0 aliphatic heterocycles. The lowest BCUT2D eigenvalue weighted by molar-refractivity contribution is -0.201. The molecular formula is C29H42O5. The molecule has 5 aliphatic carbocycles. The van der Waals surface area contributed by atoms with Gasteiger partial charge in [-0.15, -0.1) is 0 Å². The van der Waals surface area contributed by atoms with Gasteiger partial charge < -0.3 is 19.3 Å². The zero-order valence-electron chi connectivity index (χ0n) is 21.9. The van der Waals surface area contributed by atoms with Crippen molar-refractivity contribution in [3.63, 3.8) is 0 Å². The zero-order valence-corrected chi connectivity index (χ0v) is 21.9. The number of ether oxygens (including phenoxy) is 3. The topological polar surface area (TPSA) is 65.0 Å². The van der Waals surface area contributed by atoms with E-state index >= 15 is 0 Å². The third-order valence-corrected chi connectivity index (χ3v) is 11.0. The molecule has 3 fully saturated rings. The Hall–Kier alpha value is -1.75. The van der Waals surface area contributed by atoms with Crippen LogP contribution in [0.5, 0.6) is 11.5 Å². The van der Waals surface area contributed by atoms with Crippen LogP contribution >= 0.6 is 0 Å². The van der Waals surface area contributed by atoms with Gasteiger partial charge >= 0.3 is 5.97 Å². The van der Waals surface area contributed by atoms with E-state index in [2.05, 4.69) is 27.7 Å². The lowest BCUT2D eigenvalue weighted by Gasteiger charge is -2.70. The molecule has 188 valence electrons. The highest BCUT2D eigenvalue weighted by Gasteiger charge is 2.71. The molecule has 1 aromatic rings. The van der Waals surface area contributed by atoms with E-state index in [1.54, 1.807) is 14.2 Å². The number of aliphatic hydroxyl groups is 1. The SMILES string of the molecule is COC(=O)[C@@]1(C)CCC[C@]2(C)[C@@H]3C[C@H]4c5c(OC)ccc(OC)c5[C@@]3(CC[C@@H]21)[C@@H](O)[C@@H]4C(C)C. The Kier molecular flexibility index (Phi) is 5.55. The van der Waals surface area contributed by atoms with Crippen LogP contribution < -0.4 is 9.47 Å². The quantitative estimate of drug-likeness (QED) is 0.591. The third-order valence-electron chi connectivity index (χ3n) is 11.0. The van der Waals surface area contributed by atoms with E-state index in [0.717, 1.165) is 50.0 Å². The summed E-state index contributed by atoms with van der Waals surface area (Å²) in [6, 6.07) is 4.06. The largest absolute Gasteiger partial charge is 0.496 e. The van der Waals surface area contributed by atoms with E-state index in [4.69, 9.17) is 14.2 Å². The number of aliphatic hydroxyl groups excluding tert-OH is 1. The van der Waals surface area contributed by atoms with E-state index in [-0.39, 0.29) is 35.1 Å². The number of esters is 1. The minimum Gasteiger partial charge on any atom is -0.496 e.